The summed E-state index contributed by atoms with van der Waals surface area (Å²) >= 11 is 0. The van der Waals surface area contributed by atoms with Crippen LogP contribution in [0.3, 0.4) is 0 Å². The SMILES string of the molecule is CC.CCC.CCC.Cc1ccco1.Cc1ccco1.Cc1ccco1. The van der Waals surface area contributed by atoms with Gasteiger partial charge in [-0.25, -0.2) is 0 Å². The molecule has 150 valence electrons. The highest BCUT2D eigenvalue weighted by Crippen LogP contribution is 1.94. The van der Waals surface area contributed by atoms with E-state index >= 15 is 0 Å². The fraction of sp³-hybridized carbons (Fsp3) is 0.478. The van der Waals surface area contributed by atoms with E-state index in [1.807, 2.05) is 71.0 Å². The Morgan fingerprint density at radius 2 is 0.731 bits per heavy atom. The van der Waals surface area contributed by atoms with E-state index < -0.39 is 0 Å². The Balaban J connectivity index is -0.000000257. The van der Waals surface area contributed by atoms with Crippen molar-refractivity contribution in [3.05, 3.63) is 72.5 Å². The van der Waals surface area contributed by atoms with Crippen LogP contribution in [-0.2, 0) is 0 Å². The zero-order valence-corrected chi connectivity index (χ0v) is 18.3. The third-order valence-corrected chi connectivity index (χ3v) is 1.99. The van der Waals surface area contributed by atoms with Crippen molar-refractivity contribution in [2.45, 2.75) is 75.2 Å². The summed E-state index contributed by atoms with van der Waals surface area (Å²) in [6, 6.07) is 11.4. The molecule has 0 atom stereocenters. The van der Waals surface area contributed by atoms with Crippen LogP contribution < -0.4 is 0 Å². The summed E-state index contributed by atoms with van der Waals surface area (Å²) in [4.78, 5) is 0. The third kappa shape index (κ3) is 26.7. The van der Waals surface area contributed by atoms with Crippen LogP contribution in [0.1, 0.15) is 71.7 Å². The fourth-order valence-corrected chi connectivity index (χ4v) is 1.08. The van der Waals surface area contributed by atoms with E-state index in [0.717, 1.165) is 17.3 Å². The highest BCUT2D eigenvalue weighted by atomic mass is 16.3. The standard InChI is InChI=1S/3C5H6O.2C3H8.C2H6/c3*1-5-3-2-4-6-5;2*1-3-2;1-2/h3*2-4H,1H3;2*3H2,1-2H3;1-2H3. The zero-order valence-electron chi connectivity index (χ0n) is 18.3. The van der Waals surface area contributed by atoms with Gasteiger partial charge in [0.05, 0.1) is 18.8 Å². The van der Waals surface area contributed by atoms with Crippen LogP contribution in [-0.4, -0.2) is 0 Å². The van der Waals surface area contributed by atoms with E-state index in [1.165, 1.54) is 12.8 Å². The highest BCUT2D eigenvalue weighted by molar-refractivity contribution is 4.94. The second-order valence-electron chi connectivity index (χ2n) is 5.09. The molecule has 3 nitrogen and oxygen atoms in total. The third-order valence-electron chi connectivity index (χ3n) is 1.99. The van der Waals surface area contributed by atoms with Crippen molar-refractivity contribution < 1.29 is 13.3 Å². The van der Waals surface area contributed by atoms with E-state index in [-0.39, 0.29) is 0 Å². The minimum absolute atomic E-state index is 0.968. The lowest BCUT2D eigenvalue weighted by molar-refractivity contribution is 0.534. The van der Waals surface area contributed by atoms with Crippen molar-refractivity contribution in [1.82, 2.24) is 0 Å². The van der Waals surface area contributed by atoms with Crippen LogP contribution in [0.5, 0.6) is 0 Å². The maximum Gasteiger partial charge on any atom is 0.100 e. The zero-order chi connectivity index (χ0) is 20.6. The molecule has 0 fully saturated rings. The Kier molecular flexibility index (Phi) is 27.6. The maximum atomic E-state index is 4.83. The van der Waals surface area contributed by atoms with Crippen molar-refractivity contribution in [3.8, 4) is 0 Å². The lowest BCUT2D eigenvalue weighted by atomic mass is 10.5. The molecular weight excluding hydrogens is 324 g/mol. The largest absolute Gasteiger partial charge is 0.470 e. The van der Waals surface area contributed by atoms with Crippen molar-refractivity contribution >= 4 is 0 Å². The van der Waals surface area contributed by atoms with Crippen LogP contribution in [0.4, 0.5) is 0 Å². The summed E-state index contributed by atoms with van der Waals surface area (Å²) in [5, 5.41) is 0. The normalized spacial score (nSPS) is 7.73. The van der Waals surface area contributed by atoms with Gasteiger partial charge in [0.2, 0.25) is 0 Å². The average Bonchev–Trinajstić information content (AvgIpc) is 3.38. The Morgan fingerprint density at radius 3 is 0.769 bits per heavy atom. The number of furan rings is 3. The van der Waals surface area contributed by atoms with Crippen molar-refractivity contribution in [1.29, 1.82) is 0 Å². The molecule has 0 saturated heterocycles. The van der Waals surface area contributed by atoms with Gasteiger partial charge in [-0.1, -0.05) is 54.4 Å². The summed E-state index contributed by atoms with van der Waals surface area (Å²) in [7, 11) is 0. The molecule has 0 spiro atoms. The van der Waals surface area contributed by atoms with Gasteiger partial charge in [0.15, 0.2) is 0 Å². The van der Waals surface area contributed by atoms with Crippen LogP contribution >= 0.6 is 0 Å². The second-order valence-corrected chi connectivity index (χ2v) is 5.09. The van der Waals surface area contributed by atoms with Gasteiger partial charge >= 0.3 is 0 Å². The Hall–Kier alpha value is -2.16. The van der Waals surface area contributed by atoms with Gasteiger partial charge in [-0.2, -0.15) is 0 Å². The molecule has 3 aromatic heterocycles. The average molecular weight is 365 g/mol. The first-order valence-corrected chi connectivity index (χ1v) is 9.51. The highest BCUT2D eigenvalue weighted by Gasteiger charge is 1.77. The maximum absolute atomic E-state index is 4.83. The molecule has 3 aromatic rings. The minimum Gasteiger partial charge on any atom is -0.470 e. The molecule has 0 saturated carbocycles. The summed E-state index contributed by atoms with van der Waals surface area (Å²) in [6.07, 6.45) is 7.49. The number of rotatable bonds is 0. The second kappa shape index (κ2) is 25.1. The van der Waals surface area contributed by atoms with E-state index in [4.69, 9.17) is 13.3 Å². The summed E-state index contributed by atoms with van der Waals surface area (Å²) < 4.78 is 14.5. The van der Waals surface area contributed by atoms with Gasteiger partial charge < -0.3 is 13.3 Å². The van der Waals surface area contributed by atoms with E-state index in [0.29, 0.717) is 0 Å². The molecule has 0 bridgehead atoms. The van der Waals surface area contributed by atoms with Crippen LogP contribution in [0.2, 0.25) is 0 Å². The molecule has 26 heavy (non-hydrogen) atoms. The smallest absolute Gasteiger partial charge is 0.100 e. The van der Waals surface area contributed by atoms with Crippen molar-refractivity contribution in [3.63, 3.8) is 0 Å². The minimum atomic E-state index is 0.968. The van der Waals surface area contributed by atoms with Gasteiger partial charge in [0.1, 0.15) is 17.3 Å². The Morgan fingerprint density at radius 1 is 0.538 bits per heavy atom. The van der Waals surface area contributed by atoms with E-state index in [2.05, 4.69) is 27.7 Å². The molecule has 3 heterocycles. The molecule has 0 amide bonds. The van der Waals surface area contributed by atoms with Gasteiger partial charge in [-0.3, -0.25) is 0 Å². The number of hydrogen-bond donors (Lipinski definition) is 0. The van der Waals surface area contributed by atoms with E-state index in [9.17, 15) is 0 Å². The van der Waals surface area contributed by atoms with Crippen LogP contribution in [0.15, 0.2) is 68.4 Å². The number of hydrogen-bond acceptors (Lipinski definition) is 3. The summed E-state index contributed by atoms with van der Waals surface area (Å²) in [6.45, 7) is 18.2. The Labute approximate surface area is 161 Å². The fourth-order valence-electron chi connectivity index (χ4n) is 1.08. The van der Waals surface area contributed by atoms with Gasteiger partial charge in [0.25, 0.3) is 0 Å². The predicted molar refractivity (Wildman–Crippen MR) is 114 cm³/mol. The van der Waals surface area contributed by atoms with Crippen LogP contribution in [0, 0.1) is 20.8 Å². The first kappa shape index (κ1) is 28.6. The Bertz CT molecular complexity index is 427. The van der Waals surface area contributed by atoms with Gasteiger partial charge in [0, 0.05) is 0 Å². The molecule has 0 aliphatic rings. The molecule has 3 rings (SSSR count). The van der Waals surface area contributed by atoms with E-state index in [1.54, 1.807) is 18.8 Å². The van der Waals surface area contributed by atoms with Crippen molar-refractivity contribution in [2.24, 2.45) is 0 Å². The molecular formula is C23H40O3. The quantitative estimate of drug-likeness (QED) is 0.400. The first-order valence-electron chi connectivity index (χ1n) is 9.51. The number of aryl methyl sites for hydroxylation is 3. The van der Waals surface area contributed by atoms with Crippen molar-refractivity contribution in [2.75, 3.05) is 0 Å². The predicted octanol–water partition coefficient (Wildman–Crippen LogP) is 8.62. The molecule has 0 N–H and O–H groups in total. The first-order chi connectivity index (χ1) is 12.5. The summed E-state index contributed by atoms with van der Waals surface area (Å²) in [5.41, 5.74) is 0. The summed E-state index contributed by atoms with van der Waals surface area (Å²) in [5.74, 6) is 2.90. The molecule has 0 aliphatic carbocycles. The van der Waals surface area contributed by atoms with Gasteiger partial charge in [-0.15, -0.1) is 0 Å². The molecule has 0 aliphatic heterocycles. The lowest BCUT2D eigenvalue weighted by Gasteiger charge is -1.69. The molecule has 0 unspecified atom stereocenters. The molecule has 3 heteroatoms. The van der Waals surface area contributed by atoms with Gasteiger partial charge in [-0.05, 0) is 57.2 Å². The monoisotopic (exact) mass is 364 g/mol. The molecule has 0 radical (unpaired) electrons. The topological polar surface area (TPSA) is 39.4 Å². The lowest BCUT2D eigenvalue weighted by Crippen LogP contribution is -1.48. The molecule has 0 aromatic carbocycles. The van der Waals surface area contributed by atoms with Crippen LogP contribution in [0.25, 0.3) is 0 Å².